The SMILES string of the molecule is C[n+]1c(-c2c3ccccc3cc3ccccc23)ccc2ccccc21. The van der Waals surface area contributed by atoms with E-state index in [2.05, 4.69) is 103 Å². The van der Waals surface area contributed by atoms with Gasteiger partial charge in [0.2, 0.25) is 11.2 Å². The van der Waals surface area contributed by atoms with Gasteiger partial charge in [-0.2, -0.15) is 4.57 Å². The number of fused-ring (bicyclic) bond motifs is 3. The Morgan fingerprint density at radius 3 is 1.80 bits per heavy atom. The van der Waals surface area contributed by atoms with Crippen LogP contribution in [0, 0.1) is 0 Å². The first-order valence-electron chi connectivity index (χ1n) is 8.61. The van der Waals surface area contributed by atoms with Crippen molar-refractivity contribution in [3.63, 3.8) is 0 Å². The third-order valence-corrected chi connectivity index (χ3v) is 5.11. The number of benzene rings is 4. The molecule has 0 radical (unpaired) electrons. The predicted molar refractivity (Wildman–Crippen MR) is 106 cm³/mol. The molecule has 1 heteroatoms. The Labute approximate surface area is 146 Å². The fourth-order valence-corrected chi connectivity index (χ4v) is 3.88. The topological polar surface area (TPSA) is 3.88 Å². The van der Waals surface area contributed by atoms with Crippen LogP contribution in [-0.4, -0.2) is 0 Å². The lowest BCUT2D eigenvalue weighted by Crippen LogP contribution is -2.32. The van der Waals surface area contributed by atoms with Crippen molar-refractivity contribution in [2.24, 2.45) is 7.05 Å². The van der Waals surface area contributed by atoms with Crippen molar-refractivity contribution in [3.05, 3.63) is 91.0 Å². The molecule has 0 amide bonds. The number of nitrogens with zero attached hydrogens (tertiary/aromatic N) is 1. The van der Waals surface area contributed by atoms with Gasteiger partial charge in [-0.25, -0.2) is 0 Å². The molecule has 0 aliphatic rings. The minimum Gasteiger partial charge on any atom is -0.194 e. The van der Waals surface area contributed by atoms with E-state index in [9.17, 15) is 0 Å². The van der Waals surface area contributed by atoms with E-state index in [4.69, 9.17) is 0 Å². The first-order chi connectivity index (χ1) is 12.3. The third kappa shape index (κ3) is 2.13. The molecule has 0 fully saturated rings. The zero-order valence-corrected chi connectivity index (χ0v) is 14.1. The van der Waals surface area contributed by atoms with Crippen LogP contribution < -0.4 is 4.57 Å². The Bertz CT molecular complexity index is 1200. The molecule has 5 aromatic rings. The molecule has 0 saturated carbocycles. The summed E-state index contributed by atoms with van der Waals surface area (Å²) in [5.74, 6) is 0. The van der Waals surface area contributed by atoms with E-state index in [1.54, 1.807) is 0 Å². The van der Waals surface area contributed by atoms with Crippen molar-refractivity contribution in [1.29, 1.82) is 0 Å². The molecule has 4 aromatic carbocycles. The number of rotatable bonds is 1. The molecule has 5 rings (SSSR count). The summed E-state index contributed by atoms with van der Waals surface area (Å²) in [4.78, 5) is 0. The number of hydrogen-bond donors (Lipinski definition) is 0. The van der Waals surface area contributed by atoms with Crippen molar-refractivity contribution in [1.82, 2.24) is 0 Å². The van der Waals surface area contributed by atoms with Crippen LogP contribution in [0.4, 0.5) is 0 Å². The smallest absolute Gasteiger partial charge is 0.194 e. The number of pyridine rings is 1. The summed E-state index contributed by atoms with van der Waals surface area (Å²) in [6, 6.07) is 32.6. The molecular formula is C24H18N+. The minimum absolute atomic E-state index is 1.24. The number of hydrogen-bond acceptors (Lipinski definition) is 0. The second-order valence-electron chi connectivity index (χ2n) is 6.53. The lowest BCUT2D eigenvalue weighted by atomic mass is 9.94. The van der Waals surface area contributed by atoms with E-state index in [1.165, 1.54) is 43.7 Å². The van der Waals surface area contributed by atoms with Crippen LogP contribution >= 0.6 is 0 Å². The van der Waals surface area contributed by atoms with Crippen molar-refractivity contribution in [2.75, 3.05) is 0 Å². The summed E-state index contributed by atoms with van der Waals surface area (Å²) in [6.45, 7) is 0. The Morgan fingerprint density at radius 1 is 0.560 bits per heavy atom. The average Bonchev–Trinajstić information content (AvgIpc) is 2.67. The van der Waals surface area contributed by atoms with Gasteiger partial charge >= 0.3 is 0 Å². The number of aromatic nitrogens is 1. The normalized spacial score (nSPS) is 11.4. The van der Waals surface area contributed by atoms with E-state index < -0.39 is 0 Å². The van der Waals surface area contributed by atoms with Gasteiger partial charge in [0.25, 0.3) is 0 Å². The van der Waals surface area contributed by atoms with Crippen LogP contribution in [0.15, 0.2) is 91.0 Å². The number of para-hydroxylation sites is 1. The quantitative estimate of drug-likeness (QED) is 0.278. The molecule has 0 spiro atoms. The van der Waals surface area contributed by atoms with Crippen molar-refractivity contribution >= 4 is 32.4 Å². The van der Waals surface area contributed by atoms with Crippen LogP contribution in [-0.2, 0) is 7.05 Å². The van der Waals surface area contributed by atoms with Crippen LogP contribution in [0.2, 0.25) is 0 Å². The van der Waals surface area contributed by atoms with Crippen molar-refractivity contribution < 1.29 is 4.57 Å². The molecule has 1 heterocycles. The second-order valence-corrected chi connectivity index (χ2v) is 6.53. The molecule has 1 aromatic heterocycles. The van der Waals surface area contributed by atoms with Crippen molar-refractivity contribution in [3.8, 4) is 11.3 Å². The molecule has 25 heavy (non-hydrogen) atoms. The van der Waals surface area contributed by atoms with Crippen LogP contribution in [0.3, 0.4) is 0 Å². The molecule has 0 aliphatic carbocycles. The van der Waals surface area contributed by atoms with Gasteiger partial charge in [0.15, 0.2) is 0 Å². The number of aryl methyl sites for hydroxylation is 1. The molecule has 118 valence electrons. The highest BCUT2D eigenvalue weighted by atomic mass is 14.9. The highest BCUT2D eigenvalue weighted by Gasteiger charge is 2.18. The summed E-state index contributed by atoms with van der Waals surface area (Å²) in [5, 5.41) is 6.42. The largest absolute Gasteiger partial charge is 0.214 e. The summed E-state index contributed by atoms with van der Waals surface area (Å²) in [7, 11) is 2.16. The lowest BCUT2D eigenvalue weighted by Gasteiger charge is -2.11. The Hall–Kier alpha value is -3.19. The predicted octanol–water partition coefficient (Wildman–Crippen LogP) is 5.64. The summed E-state index contributed by atoms with van der Waals surface area (Å²) in [6.07, 6.45) is 0. The van der Waals surface area contributed by atoms with E-state index in [0.29, 0.717) is 0 Å². The molecule has 1 nitrogen and oxygen atoms in total. The summed E-state index contributed by atoms with van der Waals surface area (Å²) >= 11 is 0. The van der Waals surface area contributed by atoms with E-state index >= 15 is 0 Å². The highest BCUT2D eigenvalue weighted by Crippen LogP contribution is 2.35. The zero-order chi connectivity index (χ0) is 16.8. The van der Waals surface area contributed by atoms with Crippen LogP contribution in [0.5, 0.6) is 0 Å². The molecule has 0 saturated heterocycles. The zero-order valence-electron chi connectivity index (χ0n) is 14.1. The maximum atomic E-state index is 2.31. The highest BCUT2D eigenvalue weighted by molar-refractivity contribution is 6.11. The van der Waals surface area contributed by atoms with Crippen LogP contribution in [0.1, 0.15) is 0 Å². The van der Waals surface area contributed by atoms with Gasteiger partial charge in [0.1, 0.15) is 7.05 Å². The van der Waals surface area contributed by atoms with E-state index in [1.807, 2.05) is 0 Å². The Morgan fingerprint density at radius 2 is 1.12 bits per heavy atom. The summed E-state index contributed by atoms with van der Waals surface area (Å²) in [5.41, 5.74) is 3.80. The summed E-state index contributed by atoms with van der Waals surface area (Å²) < 4.78 is 2.31. The molecule has 0 unspecified atom stereocenters. The fraction of sp³-hybridized carbons (Fsp3) is 0.0417. The first kappa shape index (κ1) is 14.2. The lowest BCUT2D eigenvalue weighted by molar-refractivity contribution is -0.633. The Kier molecular flexibility index (Phi) is 3.07. The first-order valence-corrected chi connectivity index (χ1v) is 8.61. The van der Waals surface area contributed by atoms with Gasteiger partial charge in [-0.3, -0.25) is 0 Å². The third-order valence-electron chi connectivity index (χ3n) is 5.11. The standard InChI is InChI=1S/C24H18N/c1-25-22-13-7-4-8-17(22)14-15-23(25)24-20-11-5-2-9-18(20)16-19-10-3-6-12-21(19)24/h2-16H,1H3/q+1. The van der Waals surface area contributed by atoms with Gasteiger partial charge in [0, 0.05) is 17.5 Å². The van der Waals surface area contributed by atoms with Gasteiger partial charge in [0.05, 0.1) is 5.56 Å². The molecule has 0 bridgehead atoms. The molecule has 0 atom stereocenters. The minimum atomic E-state index is 1.24. The molecule has 0 aliphatic heterocycles. The van der Waals surface area contributed by atoms with E-state index in [0.717, 1.165) is 0 Å². The van der Waals surface area contributed by atoms with E-state index in [-0.39, 0.29) is 0 Å². The van der Waals surface area contributed by atoms with Gasteiger partial charge in [-0.1, -0.05) is 60.7 Å². The molecule has 0 N–H and O–H groups in total. The van der Waals surface area contributed by atoms with Crippen LogP contribution in [0.25, 0.3) is 43.7 Å². The second kappa shape index (κ2) is 5.42. The Balaban J connectivity index is 1.99. The van der Waals surface area contributed by atoms with Gasteiger partial charge in [-0.15, -0.1) is 0 Å². The maximum absolute atomic E-state index is 2.31. The van der Waals surface area contributed by atoms with Gasteiger partial charge < -0.3 is 0 Å². The van der Waals surface area contributed by atoms with Crippen molar-refractivity contribution in [2.45, 2.75) is 0 Å². The average molecular weight is 320 g/mol. The van der Waals surface area contributed by atoms with Gasteiger partial charge in [-0.05, 0) is 39.7 Å². The fourth-order valence-electron chi connectivity index (χ4n) is 3.88. The monoisotopic (exact) mass is 320 g/mol. The maximum Gasteiger partial charge on any atom is 0.214 e. The molecular weight excluding hydrogens is 302 g/mol.